The van der Waals surface area contributed by atoms with Gasteiger partial charge in [0.15, 0.2) is 12.1 Å². The van der Waals surface area contributed by atoms with Gasteiger partial charge in [-0.15, -0.1) is 0 Å². The van der Waals surface area contributed by atoms with Gasteiger partial charge in [-0.25, -0.2) is 0 Å². The highest BCUT2D eigenvalue weighted by atomic mass is 16.7. The number of methoxy groups -OCH3 is 1. The van der Waals surface area contributed by atoms with Gasteiger partial charge in [0.05, 0.1) is 6.10 Å². The summed E-state index contributed by atoms with van der Waals surface area (Å²) < 4.78 is 10.9. The zero-order valence-electron chi connectivity index (χ0n) is 10.9. The second-order valence-corrected chi connectivity index (χ2v) is 4.71. The highest BCUT2D eigenvalue weighted by Gasteiger charge is 2.30. The predicted octanol–water partition coefficient (Wildman–Crippen LogP) is 2.70. The minimum absolute atomic E-state index is 0.0512. The number of ketones is 1. The van der Waals surface area contributed by atoms with E-state index < -0.39 is 6.29 Å². The van der Waals surface area contributed by atoms with Crippen molar-refractivity contribution in [3.8, 4) is 0 Å². The van der Waals surface area contributed by atoms with E-state index in [0.29, 0.717) is 12.3 Å². The molecule has 0 spiro atoms. The van der Waals surface area contributed by atoms with E-state index in [0.717, 1.165) is 17.6 Å². The lowest BCUT2D eigenvalue weighted by molar-refractivity contribution is -0.138. The van der Waals surface area contributed by atoms with Crippen LogP contribution < -0.4 is 0 Å². The Balaban J connectivity index is 2.96. The van der Waals surface area contributed by atoms with Crippen molar-refractivity contribution in [1.29, 1.82) is 0 Å². The Morgan fingerprint density at radius 1 is 1.38 bits per heavy atom. The molecule has 3 nitrogen and oxygen atoms in total. The van der Waals surface area contributed by atoms with Gasteiger partial charge in [-0.2, -0.15) is 0 Å². The molecule has 92 valence electrons. The molecule has 0 saturated heterocycles. The van der Waals surface area contributed by atoms with Crippen LogP contribution in [-0.4, -0.2) is 25.3 Å². The molecule has 16 heavy (non-hydrogen) atoms. The zero-order chi connectivity index (χ0) is 12.3. The van der Waals surface area contributed by atoms with Crippen LogP contribution in [0.15, 0.2) is 11.1 Å². The van der Waals surface area contributed by atoms with Crippen LogP contribution in [0, 0.1) is 5.92 Å². The summed E-state index contributed by atoms with van der Waals surface area (Å²) >= 11 is 0. The van der Waals surface area contributed by atoms with Gasteiger partial charge >= 0.3 is 0 Å². The highest BCUT2D eigenvalue weighted by Crippen LogP contribution is 2.30. The summed E-state index contributed by atoms with van der Waals surface area (Å²) in [6, 6.07) is 0. The zero-order valence-corrected chi connectivity index (χ0v) is 10.9. The van der Waals surface area contributed by atoms with E-state index in [1.165, 1.54) is 0 Å². The van der Waals surface area contributed by atoms with Crippen LogP contribution in [0.5, 0.6) is 0 Å². The van der Waals surface area contributed by atoms with E-state index >= 15 is 0 Å². The van der Waals surface area contributed by atoms with Crippen molar-refractivity contribution in [3.63, 3.8) is 0 Å². The molecular weight excluding hydrogens is 204 g/mol. The smallest absolute Gasteiger partial charge is 0.187 e. The SMILES string of the molecule is CO[C@@H](OC(C)C)C1=C(C)C(C)CCC1=O. The Labute approximate surface area is 97.8 Å². The monoisotopic (exact) mass is 226 g/mol. The average Bonchev–Trinajstić information content (AvgIpc) is 2.22. The van der Waals surface area contributed by atoms with Crippen molar-refractivity contribution in [3.05, 3.63) is 11.1 Å². The van der Waals surface area contributed by atoms with Gasteiger partial charge < -0.3 is 9.47 Å². The fourth-order valence-corrected chi connectivity index (χ4v) is 1.99. The van der Waals surface area contributed by atoms with Gasteiger partial charge in [-0.05, 0) is 33.1 Å². The Morgan fingerprint density at radius 3 is 2.50 bits per heavy atom. The van der Waals surface area contributed by atoms with Crippen LogP contribution >= 0.6 is 0 Å². The molecule has 0 radical (unpaired) electrons. The van der Waals surface area contributed by atoms with Crippen LogP contribution in [0.2, 0.25) is 0 Å². The van der Waals surface area contributed by atoms with Crippen LogP contribution in [0.1, 0.15) is 40.5 Å². The van der Waals surface area contributed by atoms with Crippen molar-refractivity contribution in [2.75, 3.05) is 7.11 Å². The Kier molecular flexibility index (Phi) is 4.69. The normalized spacial score (nSPS) is 24.1. The van der Waals surface area contributed by atoms with Crippen LogP contribution in [0.25, 0.3) is 0 Å². The van der Waals surface area contributed by atoms with E-state index in [-0.39, 0.29) is 11.9 Å². The molecule has 0 fully saturated rings. The minimum atomic E-state index is -0.504. The average molecular weight is 226 g/mol. The standard InChI is InChI=1S/C13H22O3/c1-8(2)16-13(15-5)12-10(4)9(3)6-7-11(12)14/h8-9,13H,6-7H2,1-5H3/t9?,13-/m0/s1. The summed E-state index contributed by atoms with van der Waals surface area (Å²) in [5.74, 6) is 0.615. The highest BCUT2D eigenvalue weighted by molar-refractivity contribution is 5.97. The van der Waals surface area contributed by atoms with E-state index in [2.05, 4.69) is 6.92 Å². The number of Topliss-reactive ketones (excluding diaryl/α,β-unsaturated/α-hetero) is 1. The molecule has 0 aliphatic heterocycles. The largest absolute Gasteiger partial charge is 0.352 e. The molecule has 0 amide bonds. The molecule has 0 heterocycles. The van der Waals surface area contributed by atoms with E-state index in [1.54, 1.807) is 7.11 Å². The Hall–Kier alpha value is -0.670. The fraction of sp³-hybridized carbons (Fsp3) is 0.769. The maximum absolute atomic E-state index is 11.9. The molecule has 1 aliphatic carbocycles. The minimum Gasteiger partial charge on any atom is -0.352 e. The quantitative estimate of drug-likeness (QED) is 0.691. The molecule has 0 bridgehead atoms. The summed E-state index contributed by atoms with van der Waals surface area (Å²) in [5.41, 5.74) is 1.85. The predicted molar refractivity (Wildman–Crippen MR) is 63.1 cm³/mol. The molecule has 0 aromatic carbocycles. The number of rotatable bonds is 4. The molecule has 2 atom stereocenters. The van der Waals surface area contributed by atoms with Gasteiger partial charge in [0.25, 0.3) is 0 Å². The molecule has 0 N–H and O–H groups in total. The summed E-state index contributed by atoms with van der Waals surface area (Å²) in [5, 5.41) is 0. The number of carbonyl (C=O) groups is 1. The molecule has 1 rings (SSSR count). The van der Waals surface area contributed by atoms with E-state index in [1.807, 2.05) is 20.8 Å². The third-order valence-electron chi connectivity index (χ3n) is 3.11. The number of hydrogen-bond donors (Lipinski definition) is 0. The van der Waals surface area contributed by atoms with Crippen LogP contribution in [0.4, 0.5) is 0 Å². The summed E-state index contributed by atoms with van der Waals surface area (Å²) in [6.07, 6.45) is 1.09. The Bertz CT molecular complexity index is 292. The van der Waals surface area contributed by atoms with Crippen molar-refractivity contribution in [2.45, 2.75) is 52.9 Å². The summed E-state index contributed by atoms with van der Waals surface area (Å²) in [6.45, 7) is 8.04. The number of allylic oxidation sites excluding steroid dienone is 1. The summed E-state index contributed by atoms with van der Waals surface area (Å²) in [4.78, 5) is 11.9. The number of hydrogen-bond acceptors (Lipinski definition) is 3. The fourth-order valence-electron chi connectivity index (χ4n) is 1.99. The summed E-state index contributed by atoms with van der Waals surface area (Å²) in [7, 11) is 1.58. The molecule has 1 aliphatic rings. The lowest BCUT2D eigenvalue weighted by Crippen LogP contribution is -2.31. The third-order valence-corrected chi connectivity index (χ3v) is 3.11. The molecule has 0 aromatic rings. The first-order chi connectivity index (χ1) is 7.47. The molecule has 1 unspecified atom stereocenters. The van der Waals surface area contributed by atoms with Crippen LogP contribution in [0.3, 0.4) is 0 Å². The van der Waals surface area contributed by atoms with Gasteiger partial charge in [-0.3, -0.25) is 4.79 Å². The first-order valence-corrected chi connectivity index (χ1v) is 5.89. The first-order valence-electron chi connectivity index (χ1n) is 5.89. The third kappa shape index (κ3) is 2.92. The lowest BCUT2D eigenvalue weighted by atomic mass is 9.83. The van der Waals surface area contributed by atoms with Crippen LogP contribution in [-0.2, 0) is 14.3 Å². The first kappa shape index (κ1) is 13.4. The molecule has 3 heteroatoms. The lowest BCUT2D eigenvalue weighted by Gasteiger charge is -2.28. The molecular formula is C13H22O3. The van der Waals surface area contributed by atoms with Gasteiger partial charge in [-0.1, -0.05) is 12.5 Å². The van der Waals surface area contributed by atoms with Gasteiger partial charge in [0.2, 0.25) is 0 Å². The van der Waals surface area contributed by atoms with Crippen molar-refractivity contribution in [2.24, 2.45) is 5.92 Å². The van der Waals surface area contributed by atoms with Crippen molar-refractivity contribution < 1.29 is 14.3 Å². The molecule has 0 aromatic heterocycles. The molecule has 0 saturated carbocycles. The number of ether oxygens (including phenoxy) is 2. The number of carbonyl (C=O) groups excluding carboxylic acids is 1. The van der Waals surface area contributed by atoms with Crippen molar-refractivity contribution >= 4 is 5.78 Å². The van der Waals surface area contributed by atoms with E-state index in [9.17, 15) is 4.79 Å². The Morgan fingerprint density at radius 2 is 2.00 bits per heavy atom. The topological polar surface area (TPSA) is 35.5 Å². The second kappa shape index (κ2) is 5.60. The second-order valence-electron chi connectivity index (χ2n) is 4.71. The van der Waals surface area contributed by atoms with Crippen molar-refractivity contribution in [1.82, 2.24) is 0 Å². The van der Waals surface area contributed by atoms with E-state index in [4.69, 9.17) is 9.47 Å². The maximum atomic E-state index is 11.9. The van der Waals surface area contributed by atoms with Gasteiger partial charge in [0, 0.05) is 19.1 Å². The van der Waals surface area contributed by atoms with Gasteiger partial charge in [0.1, 0.15) is 0 Å². The maximum Gasteiger partial charge on any atom is 0.187 e.